The summed E-state index contributed by atoms with van der Waals surface area (Å²) in [7, 11) is 0. The second kappa shape index (κ2) is 6.22. The molecule has 1 heterocycles. The van der Waals surface area contributed by atoms with Crippen LogP contribution in [0.3, 0.4) is 0 Å². The third kappa shape index (κ3) is 3.67. The molecule has 2 amide bonds. The molecular weight excluding hydrogens is 270 g/mol. The van der Waals surface area contributed by atoms with Crippen molar-refractivity contribution in [2.24, 2.45) is 0 Å². The normalized spacial score (nSPS) is 27.5. The average molecular weight is 297 g/mol. The van der Waals surface area contributed by atoms with Gasteiger partial charge in [0.25, 0.3) is 0 Å². The highest BCUT2D eigenvalue weighted by atomic mass is 16.4. The van der Waals surface area contributed by atoms with Gasteiger partial charge in [0.1, 0.15) is 0 Å². The highest BCUT2D eigenvalue weighted by Crippen LogP contribution is 2.30. The molecule has 6 heteroatoms. The van der Waals surface area contributed by atoms with Crippen LogP contribution in [0.4, 0.5) is 4.79 Å². The third-order valence-corrected chi connectivity index (χ3v) is 4.85. The van der Waals surface area contributed by atoms with Crippen molar-refractivity contribution in [3.63, 3.8) is 0 Å². The van der Waals surface area contributed by atoms with Crippen molar-refractivity contribution in [3.8, 4) is 0 Å². The largest absolute Gasteiger partial charge is 0.480 e. The zero-order valence-electron chi connectivity index (χ0n) is 13.3. The van der Waals surface area contributed by atoms with Crippen LogP contribution in [0.2, 0.25) is 0 Å². The van der Waals surface area contributed by atoms with Gasteiger partial charge in [-0.1, -0.05) is 6.92 Å². The quantitative estimate of drug-likeness (QED) is 0.807. The summed E-state index contributed by atoms with van der Waals surface area (Å²) < 4.78 is 0. The van der Waals surface area contributed by atoms with Gasteiger partial charge in [-0.25, -0.2) is 4.79 Å². The summed E-state index contributed by atoms with van der Waals surface area (Å²) in [5.41, 5.74) is -0.0496. The predicted octanol–water partition coefficient (Wildman–Crippen LogP) is 1.51. The molecule has 0 aromatic rings. The molecule has 2 fully saturated rings. The van der Waals surface area contributed by atoms with E-state index in [0.29, 0.717) is 0 Å². The van der Waals surface area contributed by atoms with Gasteiger partial charge in [0, 0.05) is 24.2 Å². The summed E-state index contributed by atoms with van der Waals surface area (Å²) in [5.74, 6) is -0.789. The monoisotopic (exact) mass is 297 g/mol. The Hall–Kier alpha value is -1.30. The number of rotatable bonds is 5. The van der Waals surface area contributed by atoms with Crippen molar-refractivity contribution in [2.75, 3.05) is 19.6 Å². The van der Waals surface area contributed by atoms with E-state index in [1.165, 1.54) is 0 Å². The number of nitrogens with one attached hydrogen (secondary N) is 1. The Kier molecular flexibility index (Phi) is 4.76. The van der Waals surface area contributed by atoms with Crippen molar-refractivity contribution >= 4 is 12.0 Å². The molecule has 0 aromatic heterocycles. The Morgan fingerprint density at radius 1 is 1.38 bits per heavy atom. The van der Waals surface area contributed by atoms with Crippen LogP contribution in [0.25, 0.3) is 0 Å². The van der Waals surface area contributed by atoms with E-state index in [-0.39, 0.29) is 30.2 Å². The van der Waals surface area contributed by atoms with Crippen molar-refractivity contribution < 1.29 is 14.7 Å². The number of likely N-dealkylation sites (N-methyl/N-ethyl adjacent to an activating group) is 1. The van der Waals surface area contributed by atoms with E-state index >= 15 is 0 Å². The molecule has 0 bridgehead atoms. The summed E-state index contributed by atoms with van der Waals surface area (Å²) in [4.78, 5) is 27.0. The predicted molar refractivity (Wildman–Crippen MR) is 80.2 cm³/mol. The summed E-state index contributed by atoms with van der Waals surface area (Å²) in [6.07, 6.45) is 3.81. The van der Waals surface area contributed by atoms with Crippen LogP contribution in [-0.4, -0.2) is 64.2 Å². The summed E-state index contributed by atoms with van der Waals surface area (Å²) in [5, 5.41) is 12.0. The minimum Gasteiger partial charge on any atom is -0.480 e. The summed E-state index contributed by atoms with van der Waals surface area (Å²) in [6.45, 7) is 7.83. The van der Waals surface area contributed by atoms with Crippen molar-refractivity contribution in [3.05, 3.63) is 0 Å². The number of carboxylic acid groups (broad SMARTS) is 1. The van der Waals surface area contributed by atoms with Gasteiger partial charge < -0.3 is 15.3 Å². The molecule has 0 atom stereocenters. The molecule has 6 nitrogen and oxygen atoms in total. The van der Waals surface area contributed by atoms with E-state index in [1.54, 1.807) is 0 Å². The number of likely N-dealkylation sites (tertiary alicyclic amines) is 1. The summed E-state index contributed by atoms with van der Waals surface area (Å²) >= 11 is 0. The van der Waals surface area contributed by atoms with Gasteiger partial charge in [-0.05, 0) is 46.1 Å². The van der Waals surface area contributed by atoms with Gasteiger partial charge in [0.2, 0.25) is 0 Å². The average Bonchev–Trinajstić information content (AvgIpc) is 2.70. The lowest BCUT2D eigenvalue weighted by molar-refractivity contribution is -0.139. The Morgan fingerprint density at radius 2 is 2.05 bits per heavy atom. The fraction of sp³-hybridized carbons (Fsp3) is 0.867. The van der Waals surface area contributed by atoms with Crippen molar-refractivity contribution in [2.45, 2.75) is 64.1 Å². The molecule has 0 aromatic carbocycles. The maximum absolute atomic E-state index is 12.3. The molecule has 2 N–H and O–H groups in total. The van der Waals surface area contributed by atoms with Crippen molar-refractivity contribution in [1.82, 2.24) is 15.1 Å². The Morgan fingerprint density at radius 3 is 2.52 bits per heavy atom. The molecule has 1 saturated carbocycles. The lowest BCUT2D eigenvalue weighted by atomic mass is 9.85. The smallest absolute Gasteiger partial charge is 0.318 e. The molecule has 1 saturated heterocycles. The molecule has 0 radical (unpaired) electrons. The highest BCUT2D eigenvalue weighted by molar-refractivity contribution is 5.76. The van der Waals surface area contributed by atoms with Crippen LogP contribution < -0.4 is 5.32 Å². The Balaban J connectivity index is 1.77. The number of carboxylic acids is 1. The molecule has 2 aliphatic rings. The second-order valence-corrected chi connectivity index (χ2v) is 6.80. The van der Waals surface area contributed by atoms with E-state index < -0.39 is 5.97 Å². The fourth-order valence-electron chi connectivity index (χ4n) is 3.41. The zero-order valence-corrected chi connectivity index (χ0v) is 13.3. The maximum atomic E-state index is 12.3. The number of hydrogen-bond acceptors (Lipinski definition) is 3. The van der Waals surface area contributed by atoms with Gasteiger partial charge in [0.15, 0.2) is 0 Å². The molecule has 1 aliphatic carbocycles. The van der Waals surface area contributed by atoms with Gasteiger partial charge in [-0.3, -0.25) is 9.69 Å². The van der Waals surface area contributed by atoms with Gasteiger partial charge in [-0.15, -0.1) is 0 Å². The van der Waals surface area contributed by atoms with Gasteiger partial charge in [0.05, 0.1) is 6.54 Å². The molecule has 2 rings (SSSR count). The third-order valence-electron chi connectivity index (χ3n) is 4.85. The van der Waals surface area contributed by atoms with Crippen LogP contribution in [-0.2, 0) is 4.79 Å². The Bertz CT molecular complexity index is 405. The molecular formula is C15H27N3O3. The number of carbonyl (C=O) groups excluding carboxylic acids is 1. The first kappa shape index (κ1) is 16.1. The first-order valence-electron chi connectivity index (χ1n) is 7.87. The van der Waals surface area contributed by atoms with Crippen molar-refractivity contribution in [1.29, 1.82) is 0 Å². The minimum atomic E-state index is -0.789. The van der Waals surface area contributed by atoms with Crippen LogP contribution in [0, 0.1) is 0 Å². The van der Waals surface area contributed by atoms with E-state index in [0.717, 1.165) is 38.8 Å². The lowest BCUT2D eigenvalue weighted by Gasteiger charge is -2.43. The fourth-order valence-corrected chi connectivity index (χ4v) is 3.41. The molecule has 0 spiro atoms. The molecule has 120 valence electrons. The van der Waals surface area contributed by atoms with Crippen LogP contribution in [0.1, 0.15) is 46.5 Å². The number of urea groups is 1. The second-order valence-electron chi connectivity index (χ2n) is 6.80. The van der Waals surface area contributed by atoms with Crippen LogP contribution >= 0.6 is 0 Å². The topological polar surface area (TPSA) is 72.9 Å². The standard InChI is InChI=1S/C15H27N3O3/c1-4-17(10-13(19)20)12-8-11(9-12)16-14(21)18-7-5-6-15(18,2)3/h11-12H,4-10H2,1-3H3,(H,16,21)(H,19,20). The number of hydrogen-bond donors (Lipinski definition) is 2. The number of aliphatic carboxylic acids is 1. The van der Waals surface area contributed by atoms with Crippen LogP contribution in [0.15, 0.2) is 0 Å². The summed E-state index contributed by atoms with van der Waals surface area (Å²) in [6, 6.07) is 0.493. The highest BCUT2D eigenvalue weighted by Gasteiger charge is 2.39. The maximum Gasteiger partial charge on any atom is 0.318 e. The Labute approximate surface area is 126 Å². The minimum absolute atomic E-state index is 0.0298. The number of nitrogens with zero attached hydrogens (tertiary/aromatic N) is 2. The molecule has 1 aliphatic heterocycles. The first-order chi connectivity index (χ1) is 9.83. The van der Waals surface area contributed by atoms with E-state index in [2.05, 4.69) is 19.2 Å². The number of carbonyl (C=O) groups is 2. The van der Waals surface area contributed by atoms with Gasteiger partial charge >= 0.3 is 12.0 Å². The molecule has 21 heavy (non-hydrogen) atoms. The van der Waals surface area contributed by atoms with E-state index in [1.807, 2.05) is 16.7 Å². The van der Waals surface area contributed by atoms with Crippen LogP contribution in [0.5, 0.6) is 0 Å². The first-order valence-corrected chi connectivity index (χ1v) is 7.87. The number of amides is 2. The van der Waals surface area contributed by atoms with E-state index in [4.69, 9.17) is 5.11 Å². The molecule has 0 unspecified atom stereocenters. The van der Waals surface area contributed by atoms with E-state index in [9.17, 15) is 9.59 Å². The SMILES string of the molecule is CCN(CC(=O)O)C1CC(NC(=O)N2CCCC2(C)C)C1. The van der Waals surface area contributed by atoms with Gasteiger partial charge in [-0.2, -0.15) is 0 Å². The zero-order chi connectivity index (χ0) is 15.6. The lowest BCUT2D eigenvalue weighted by Crippen LogP contribution is -2.58.